The molecule has 0 spiro atoms. The lowest BCUT2D eigenvalue weighted by molar-refractivity contribution is 0.113. The molecular weight excluding hydrogens is 182 g/mol. The summed E-state index contributed by atoms with van der Waals surface area (Å²) in [7, 11) is 0. The largest absolute Gasteiger partial charge is 0.298 e. The van der Waals surface area contributed by atoms with E-state index >= 15 is 0 Å². The van der Waals surface area contributed by atoms with Crippen molar-refractivity contribution in [3.05, 3.63) is 0 Å². The highest BCUT2D eigenvalue weighted by Crippen LogP contribution is 2.25. The molecule has 0 radical (unpaired) electrons. The summed E-state index contributed by atoms with van der Waals surface area (Å²) in [6, 6.07) is 0. The van der Waals surface area contributed by atoms with Gasteiger partial charge in [0.25, 0.3) is 0 Å². The third-order valence-corrected chi connectivity index (χ3v) is 3.85. The lowest BCUT2D eigenvalue weighted by Crippen LogP contribution is -2.44. The van der Waals surface area contributed by atoms with Gasteiger partial charge in [-0.3, -0.25) is 4.90 Å². The molecule has 0 aromatic carbocycles. The summed E-state index contributed by atoms with van der Waals surface area (Å²) in [6.45, 7) is 9.83. The Morgan fingerprint density at radius 1 is 0.933 bits per heavy atom. The van der Waals surface area contributed by atoms with Crippen molar-refractivity contribution < 1.29 is 0 Å². The van der Waals surface area contributed by atoms with Gasteiger partial charge < -0.3 is 0 Å². The molecule has 0 bridgehead atoms. The quantitative estimate of drug-likeness (QED) is 0.615. The van der Waals surface area contributed by atoms with Crippen molar-refractivity contribution in [2.24, 2.45) is 0 Å². The van der Waals surface area contributed by atoms with Gasteiger partial charge in [0.05, 0.1) is 0 Å². The van der Waals surface area contributed by atoms with Gasteiger partial charge in [0.15, 0.2) is 0 Å². The van der Waals surface area contributed by atoms with Crippen LogP contribution in [0.2, 0.25) is 0 Å². The minimum absolute atomic E-state index is 0.444. The van der Waals surface area contributed by atoms with Crippen LogP contribution in [0.25, 0.3) is 0 Å². The van der Waals surface area contributed by atoms with Gasteiger partial charge in [-0.1, -0.05) is 39.0 Å². The predicted molar refractivity (Wildman–Crippen MR) is 68.3 cm³/mol. The van der Waals surface area contributed by atoms with Crippen molar-refractivity contribution in [2.75, 3.05) is 13.1 Å². The number of hydrogen-bond acceptors (Lipinski definition) is 1. The Morgan fingerprint density at radius 3 is 2.07 bits per heavy atom. The molecule has 0 atom stereocenters. The van der Waals surface area contributed by atoms with Gasteiger partial charge in [-0.05, 0) is 46.2 Å². The summed E-state index contributed by atoms with van der Waals surface area (Å²) in [5.41, 5.74) is 0.444. The van der Waals surface area contributed by atoms with E-state index in [9.17, 15) is 0 Å². The zero-order valence-electron chi connectivity index (χ0n) is 11.0. The van der Waals surface area contributed by atoms with E-state index in [2.05, 4.69) is 25.7 Å². The van der Waals surface area contributed by atoms with Crippen LogP contribution < -0.4 is 0 Å². The highest BCUT2D eigenvalue weighted by atomic mass is 15.2. The Hall–Kier alpha value is -0.0400. The molecule has 0 aromatic heterocycles. The third-order valence-electron chi connectivity index (χ3n) is 3.85. The molecule has 15 heavy (non-hydrogen) atoms. The van der Waals surface area contributed by atoms with Crippen LogP contribution in [0.15, 0.2) is 0 Å². The monoisotopic (exact) mass is 211 g/mol. The van der Waals surface area contributed by atoms with Gasteiger partial charge in [0, 0.05) is 5.54 Å². The van der Waals surface area contributed by atoms with Crippen molar-refractivity contribution >= 4 is 0 Å². The van der Waals surface area contributed by atoms with Crippen LogP contribution in [-0.4, -0.2) is 23.5 Å². The zero-order chi connectivity index (χ0) is 11.1. The lowest BCUT2D eigenvalue weighted by atomic mass is 9.94. The molecule has 0 N–H and O–H groups in total. The first kappa shape index (κ1) is 13.0. The number of nitrogens with zero attached hydrogens (tertiary/aromatic N) is 1. The first-order chi connectivity index (χ1) is 7.17. The minimum atomic E-state index is 0.444. The maximum atomic E-state index is 2.73. The molecule has 1 fully saturated rings. The molecule has 0 aliphatic carbocycles. The third kappa shape index (κ3) is 4.55. The summed E-state index contributed by atoms with van der Waals surface area (Å²) in [5, 5.41) is 0. The van der Waals surface area contributed by atoms with Gasteiger partial charge in [-0.2, -0.15) is 0 Å². The molecule has 0 aromatic rings. The Morgan fingerprint density at radius 2 is 1.53 bits per heavy atom. The van der Waals surface area contributed by atoms with Crippen LogP contribution in [0, 0.1) is 0 Å². The van der Waals surface area contributed by atoms with E-state index in [4.69, 9.17) is 0 Å². The molecular formula is C14H29N. The van der Waals surface area contributed by atoms with Crippen LogP contribution in [-0.2, 0) is 0 Å². The fourth-order valence-corrected chi connectivity index (χ4v) is 2.64. The van der Waals surface area contributed by atoms with E-state index in [1.807, 2.05) is 0 Å². The zero-order valence-corrected chi connectivity index (χ0v) is 11.0. The fourth-order valence-electron chi connectivity index (χ4n) is 2.64. The second-order valence-electron chi connectivity index (χ2n) is 5.67. The maximum absolute atomic E-state index is 2.73. The van der Waals surface area contributed by atoms with Crippen molar-refractivity contribution in [2.45, 2.75) is 77.7 Å². The molecule has 1 aliphatic heterocycles. The van der Waals surface area contributed by atoms with E-state index in [0.717, 1.165) is 0 Å². The maximum Gasteiger partial charge on any atom is 0.0153 e. The number of rotatable bonds is 5. The van der Waals surface area contributed by atoms with E-state index < -0.39 is 0 Å². The summed E-state index contributed by atoms with van der Waals surface area (Å²) >= 11 is 0. The van der Waals surface area contributed by atoms with Gasteiger partial charge in [0.1, 0.15) is 0 Å². The Balaban J connectivity index is 2.35. The van der Waals surface area contributed by atoms with E-state index in [1.165, 1.54) is 64.5 Å². The van der Waals surface area contributed by atoms with Gasteiger partial charge >= 0.3 is 0 Å². The average Bonchev–Trinajstić information content (AvgIpc) is 2.46. The molecule has 1 saturated heterocycles. The normalized spacial score (nSPS) is 20.2. The topological polar surface area (TPSA) is 3.24 Å². The highest BCUT2D eigenvalue weighted by Gasteiger charge is 2.26. The fraction of sp³-hybridized carbons (Fsp3) is 1.00. The van der Waals surface area contributed by atoms with Gasteiger partial charge in [0.2, 0.25) is 0 Å². The minimum Gasteiger partial charge on any atom is -0.298 e. The molecule has 0 amide bonds. The number of likely N-dealkylation sites (tertiary alicyclic amines) is 1. The predicted octanol–water partition coefficient (Wildman–Crippen LogP) is 4.22. The summed E-state index contributed by atoms with van der Waals surface area (Å²) in [4.78, 5) is 2.73. The molecule has 1 heteroatoms. The second-order valence-corrected chi connectivity index (χ2v) is 5.67. The van der Waals surface area contributed by atoms with Crippen molar-refractivity contribution in [1.82, 2.24) is 4.90 Å². The van der Waals surface area contributed by atoms with Crippen LogP contribution >= 0.6 is 0 Å². The van der Waals surface area contributed by atoms with E-state index in [0.29, 0.717) is 5.54 Å². The van der Waals surface area contributed by atoms with Crippen LogP contribution in [0.5, 0.6) is 0 Å². The summed E-state index contributed by atoms with van der Waals surface area (Å²) in [6.07, 6.45) is 11.2. The molecule has 1 aliphatic rings. The Kier molecular flexibility index (Phi) is 5.66. The standard InChI is InChI=1S/C14H29N/c1-4-5-8-11-14(2,3)15-12-9-6-7-10-13-15/h4-13H2,1-3H3. The van der Waals surface area contributed by atoms with Gasteiger partial charge in [-0.25, -0.2) is 0 Å². The van der Waals surface area contributed by atoms with Gasteiger partial charge in [-0.15, -0.1) is 0 Å². The van der Waals surface area contributed by atoms with Crippen molar-refractivity contribution in [3.8, 4) is 0 Å². The average molecular weight is 211 g/mol. The molecule has 0 unspecified atom stereocenters. The molecule has 1 nitrogen and oxygen atoms in total. The first-order valence-corrected chi connectivity index (χ1v) is 6.92. The van der Waals surface area contributed by atoms with Crippen molar-refractivity contribution in [3.63, 3.8) is 0 Å². The summed E-state index contributed by atoms with van der Waals surface area (Å²) < 4.78 is 0. The second kappa shape index (κ2) is 6.52. The van der Waals surface area contributed by atoms with Crippen LogP contribution in [0.3, 0.4) is 0 Å². The molecule has 1 rings (SSSR count). The van der Waals surface area contributed by atoms with E-state index in [1.54, 1.807) is 0 Å². The van der Waals surface area contributed by atoms with Crippen molar-refractivity contribution in [1.29, 1.82) is 0 Å². The number of unbranched alkanes of at least 4 members (excludes halogenated alkanes) is 2. The number of hydrogen-bond donors (Lipinski definition) is 0. The molecule has 1 heterocycles. The smallest absolute Gasteiger partial charge is 0.0153 e. The SMILES string of the molecule is CCCCCC(C)(C)N1CCCCCC1. The van der Waals surface area contributed by atoms with E-state index in [-0.39, 0.29) is 0 Å². The Bertz CT molecular complexity index is 155. The highest BCUT2D eigenvalue weighted by molar-refractivity contribution is 4.82. The van der Waals surface area contributed by atoms with Crippen LogP contribution in [0.1, 0.15) is 72.1 Å². The van der Waals surface area contributed by atoms with Crippen LogP contribution in [0.4, 0.5) is 0 Å². The summed E-state index contributed by atoms with van der Waals surface area (Å²) in [5.74, 6) is 0. The first-order valence-electron chi connectivity index (χ1n) is 6.92. The Labute approximate surface area is 96.2 Å². The molecule has 0 saturated carbocycles. The lowest BCUT2D eigenvalue weighted by Gasteiger charge is -2.38. The molecule has 90 valence electrons.